The zero-order chi connectivity index (χ0) is 12.5. The van der Waals surface area contributed by atoms with Crippen molar-refractivity contribution in [1.29, 1.82) is 0 Å². The Labute approximate surface area is 106 Å². The van der Waals surface area contributed by atoms with Gasteiger partial charge in [-0.25, -0.2) is 0 Å². The summed E-state index contributed by atoms with van der Waals surface area (Å²) in [7, 11) is 1.79. The van der Waals surface area contributed by atoms with Crippen molar-refractivity contribution in [2.45, 2.75) is 70.6 Å². The lowest BCUT2D eigenvalue weighted by Gasteiger charge is -2.21. The fourth-order valence-electron chi connectivity index (χ4n) is 2.55. The monoisotopic (exact) mass is 243 g/mol. The highest BCUT2D eigenvalue weighted by Crippen LogP contribution is 2.19. The molecule has 1 heterocycles. The lowest BCUT2D eigenvalue weighted by molar-refractivity contribution is 0.0921. The van der Waals surface area contributed by atoms with E-state index in [9.17, 15) is 0 Å². The van der Waals surface area contributed by atoms with Gasteiger partial charge < -0.3 is 14.8 Å². The van der Waals surface area contributed by atoms with E-state index in [2.05, 4.69) is 19.2 Å². The molecule has 3 unspecified atom stereocenters. The van der Waals surface area contributed by atoms with E-state index >= 15 is 0 Å². The fraction of sp³-hybridized carbons (Fsp3) is 1.00. The van der Waals surface area contributed by atoms with Crippen molar-refractivity contribution < 1.29 is 9.47 Å². The predicted molar refractivity (Wildman–Crippen MR) is 71.4 cm³/mol. The SMILES string of the molecule is CCNC(CCCC1CCCO1)CC(C)OC. The summed E-state index contributed by atoms with van der Waals surface area (Å²) in [5.74, 6) is 0. The first-order chi connectivity index (χ1) is 8.26. The quantitative estimate of drug-likeness (QED) is 0.675. The minimum atomic E-state index is 0.349. The van der Waals surface area contributed by atoms with Crippen molar-refractivity contribution in [3.63, 3.8) is 0 Å². The van der Waals surface area contributed by atoms with E-state index in [1.54, 1.807) is 7.11 Å². The van der Waals surface area contributed by atoms with Crippen molar-refractivity contribution in [1.82, 2.24) is 5.32 Å². The summed E-state index contributed by atoms with van der Waals surface area (Å²) in [4.78, 5) is 0. The molecule has 3 atom stereocenters. The molecule has 1 rings (SSSR count). The minimum absolute atomic E-state index is 0.349. The number of ether oxygens (including phenoxy) is 2. The molecule has 1 N–H and O–H groups in total. The maximum absolute atomic E-state index is 5.65. The van der Waals surface area contributed by atoms with E-state index in [1.165, 1.54) is 32.1 Å². The molecule has 3 nitrogen and oxygen atoms in total. The van der Waals surface area contributed by atoms with Crippen LogP contribution in [-0.4, -0.2) is 38.5 Å². The van der Waals surface area contributed by atoms with E-state index in [1.807, 2.05) is 0 Å². The van der Waals surface area contributed by atoms with Gasteiger partial charge in [0.05, 0.1) is 12.2 Å². The van der Waals surface area contributed by atoms with Gasteiger partial charge in [0.15, 0.2) is 0 Å². The van der Waals surface area contributed by atoms with Crippen LogP contribution in [0.25, 0.3) is 0 Å². The topological polar surface area (TPSA) is 30.5 Å². The van der Waals surface area contributed by atoms with E-state index in [4.69, 9.17) is 9.47 Å². The summed E-state index contributed by atoms with van der Waals surface area (Å²) in [6.07, 6.45) is 8.24. The Morgan fingerprint density at radius 2 is 2.29 bits per heavy atom. The summed E-state index contributed by atoms with van der Waals surface area (Å²) in [6.45, 7) is 6.33. The Bertz CT molecular complexity index is 181. The Kier molecular flexibility index (Phi) is 7.82. The molecule has 0 saturated carbocycles. The Hall–Kier alpha value is -0.120. The molecule has 0 amide bonds. The predicted octanol–water partition coefficient (Wildman–Crippen LogP) is 2.74. The summed E-state index contributed by atoms with van der Waals surface area (Å²) >= 11 is 0. The van der Waals surface area contributed by atoms with Gasteiger partial charge in [-0.15, -0.1) is 0 Å². The van der Waals surface area contributed by atoms with Crippen LogP contribution in [0.3, 0.4) is 0 Å². The first-order valence-electron chi connectivity index (χ1n) is 7.14. The van der Waals surface area contributed by atoms with Crippen LogP contribution in [0.15, 0.2) is 0 Å². The maximum Gasteiger partial charge on any atom is 0.0576 e. The first kappa shape index (κ1) is 14.9. The minimum Gasteiger partial charge on any atom is -0.382 e. The number of nitrogens with one attached hydrogen (secondary N) is 1. The standard InChI is InChI=1S/C14H29NO2/c1-4-15-13(11-12(2)16-3)7-5-8-14-9-6-10-17-14/h12-15H,4-11H2,1-3H3. The molecule has 102 valence electrons. The largest absolute Gasteiger partial charge is 0.382 e. The molecule has 0 radical (unpaired) electrons. The average Bonchev–Trinajstić information content (AvgIpc) is 2.82. The van der Waals surface area contributed by atoms with Crippen LogP contribution in [0.2, 0.25) is 0 Å². The third kappa shape index (κ3) is 6.39. The number of methoxy groups -OCH3 is 1. The molecule has 0 aromatic rings. The lowest BCUT2D eigenvalue weighted by Crippen LogP contribution is -2.32. The zero-order valence-corrected chi connectivity index (χ0v) is 11.7. The van der Waals surface area contributed by atoms with Gasteiger partial charge >= 0.3 is 0 Å². The molecular weight excluding hydrogens is 214 g/mol. The van der Waals surface area contributed by atoms with E-state index in [0.29, 0.717) is 18.2 Å². The molecular formula is C14H29NO2. The van der Waals surface area contributed by atoms with Crippen LogP contribution < -0.4 is 5.32 Å². The van der Waals surface area contributed by atoms with Crippen LogP contribution in [0.4, 0.5) is 0 Å². The van der Waals surface area contributed by atoms with Crippen molar-refractivity contribution in [3.8, 4) is 0 Å². The van der Waals surface area contributed by atoms with Gasteiger partial charge in [0, 0.05) is 19.8 Å². The third-order valence-electron chi connectivity index (χ3n) is 3.61. The molecule has 1 fully saturated rings. The smallest absolute Gasteiger partial charge is 0.0576 e. The van der Waals surface area contributed by atoms with Crippen LogP contribution in [0, 0.1) is 0 Å². The molecule has 0 aromatic heterocycles. The van der Waals surface area contributed by atoms with Gasteiger partial charge in [0.1, 0.15) is 0 Å². The van der Waals surface area contributed by atoms with Crippen LogP contribution in [-0.2, 0) is 9.47 Å². The second kappa shape index (κ2) is 8.90. The van der Waals surface area contributed by atoms with Crippen molar-refractivity contribution in [3.05, 3.63) is 0 Å². The van der Waals surface area contributed by atoms with Gasteiger partial charge in [-0.1, -0.05) is 6.92 Å². The van der Waals surface area contributed by atoms with Crippen LogP contribution in [0.1, 0.15) is 52.4 Å². The number of hydrogen-bond acceptors (Lipinski definition) is 3. The number of rotatable bonds is 9. The highest BCUT2D eigenvalue weighted by molar-refractivity contribution is 4.72. The van der Waals surface area contributed by atoms with Gasteiger partial charge in [0.25, 0.3) is 0 Å². The molecule has 0 spiro atoms. The second-order valence-electron chi connectivity index (χ2n) is 5.10. The third-order valence-corrected chi connectivity index (χ3v) is 3.61. The fourth-order valence-corrected chi connectivity index (χ4v) is 2.55. The highest BCUT2D eigenvalue weighted by Gasteiger charge is 2.17. The van der Waals surface area contributed by atoms with Crippen molar-refractivity contribution in [2.75, 3.05) is 20.3 Å². The Balaban J connectivity index is 2.13. The Morgan fingerprint density at radius 3 is 2.88 bits per heavy atom. The van der Waals surface area contributed by atoms with Crippen molar-refractivity contribution >= 4 is 0 Å². The Morgan fingerprint density at radius 1 is 1.47 bits per heavy atom. The van der Waals surface area contributed by atoms with Gasteiger partial charge in [-0.2, -0.15) is 0 Å². The van der Waals surface area contributed by atoms with Crippen LogP contribution >= 0.6 is 0 Å². The van der Waals surface area contributed by atoms with E-state index in [0.717, 1.165) is 19.6 Å². The second-order valence-corrected chi connectivity index (χ2v) is 5.10. The molecule has 3 heteroatoms. The maximum atomic E-state index is 5.65. The molecule has 1 saturated heterocycles. The summed E-state index contributed by atoms with van der Waals surface area (Å²) < 4.78 is 11.0. The average molecular weight is 243 g/mol. The van der Waals surface area contributed by atoms with Gasteiger partial charge in [-0.05, 0) is 52.0 Å². The molecule has 17 heavy (non-hydrogen) atoms. The van der Waals surface area contributed by atoms with Gasteiger partial charge in [0.2, 0.25) is 0 Å². The lowest BCUT2D eigenvalue weighted by atomic mass is 10.0. The molecule has 0 bridgehead atoms. The molecule has 1 aliphatic heterocycles. The molecule has 1 aliphatic rings. The zero-order valence-electron chi connectivity index (χ0n) is 11.7. The van der Waals surface area contributed by atoms with E-state index in [-0.39, 0.29) is 0 Å². The number of hydrogen-bond donors (Lipinski definition) is 1. The van der Waals surface area contributed by atoms with Crippen LogP contribution in [0.5, 0.6) is 0 Å². The first-order valence-corrected chi connectivity index (χ1v) is 7.14. The summed E-state index contributed by atoms with van der Waals surface area (Å²) in [6, 6.07) is 0.594. The normalized spacial score (nSPS) is 23.8. The molecule has 0 aromatic carbocycles. The van der Waals surface area contributed by atoms with Gasteiger partial charge in [-0.3, -0.25) is 0 Å². The summed E-state index contributed by atoms with van der Waals surface area (Å²) in [5, 5.41) is 3.55. The van der Waals surface area contributed by atoms with E-state index < -0.39 is 0 Å². The summed E-state index contributed by atoms with van der Waals surface area (Å²) in [5.41, 5.74) is 0. The molecule has 0 aliphatic carbocycles. The van der Waals surface area contributed by atoms with Crippen molar-refractivity contribution in [2.24, 2.45) is 0 Å². The highest BCUT2D eigenvalue weighted by atomic mass is 16.5.